The Hall–Kier alpha value is -1.68. The van der Waals surface area contributed by atoms with E-state index < -0.39 is 0 Å². The first kappa shape index (κ1) is 14.7. The molecule has 3 N–H and O–H groups in total. The van der Waals surface area contributed by atoms with Crippen LogP contribution in [0.5, 0.6) is 11.5 Å². The second-order valence-corrected chi connectivity index (χ2v) is 5.65. The summed E-state index contributed by atoms with van der Waals surface area (Å²) in [6.45, 7) is 4.01. The fourth-order valence-corrected chi connectivity index (χ4v) is 2.69. The van der Waals surface area contributed by atoms with Gasteiger partial charge in [-0.15, -0.1) is 0 Å². The Kier molecular flexibility index (Phi) is 4.55. The lowest BCUT2D eigenvalue weighted by Crippen LogP contribution is -2.09. The van der Waals surface area contributed by atoms with E-state index in [-0.39, 0.29) is 17.5 Å². The largest absolute Gasteiger partial charge is 0.507 e. The number of rotatable bonds is 4. The van der Waals surface area contributed by atoms with Gasteiger partial charge in [0.2, 0.25) is 0 Å². The van der Waals surface area contributed by atoms with Crippen LogP contribution in [0.15, 0.2) is 40.9 Å². The Balaban J connectivity index is 2.30. The Bertz CT molecular complexity index is 593. The third-order valence-electron chi connectivity index (χ3n) is 3.31. The highest BCUT2D eigenvalue weighted by Gasteiger charge is 2.15. The second kappa shape index (κ2) is 6.18. The summed E-state index contributed by atoms with van der Waals surface area (Å²) in [5, 5.41) is 23.2. The highest BCUT2D eigenvalue weighted by atomic mass is 79.9. The molecule has 1 atom stereocenters. The summed E-state index contributed by atoms with van der Waals surface area (Å²) in [5.41, 5.74) is 2.70. The summed E-state index contributed by atoms with van der Waals surface area (Å²) < 4.78 is 1.04. The highest BCUT2D eigenvalue weighted by Crippen LogP contribution is 2.35. The first-order chi connectivity index (χ1) is 9.52. The smallest absolute Gasteiger partial charge is 0.124 e. The highest BCUT2D eigenvalue weighted by molar-refractivity contribution is 9.10. The number of phenols is 2. The number of hydrogen-bond acceptors (Lipinski definition) is 3. The van der Waals surface area contributed by atoms with Crippen molar-refractivity contribution in [3.05, 3.63) is 52.0 Å². The lowest BCUT2D eigenvalue weighted by Gasteiger charge is -2.20. The van der Waals surface area contributed by atoms with Gasteiger partial charge in [-0.3, -0.25) is 0 Å². The predicted octanol–water partition coefficient (Wildman–Crippen LogP) is 4.60. The third kappa shape index (κ3) is 3.07. The van der Waals surface area contributed by atoms with Gasteiger partial charge in [0.25, 0.3) is 0 Å². The second-order valence-electron chi connectivity index (χ2n) is 4.73. The van der Waals surface area contributed by atoms with Crippen molar-refractivity contribution in [1.29, 1.82) is 0 Å². The Morgan fingerprint density at radius 1 is 1.15 bits per heavy atom. The van der Waals surface area contributed by atoms with E-state index in [1.54, 1.807) is 18.2 Å². The zero-order chi connectivity index (χ0) is 14.7. The van der Waals surface area contributed by atoms with Gasteiger partial charge in [-0.05, 0) is 49.2 Å². The Morgan fingerprint density at radius 3 is 2.40 bits per heavy atom. The normalized spacial score (nSPS) is 12.2. The summed E-state index contributed by atoms with van der Waals surface area (Å²) in [6.07, 6.45) is 0.904. The van der Waals surface area contributed by atoms with Gasteiger partial charge in [0, 0.05) is 10.2 Å². The molecule has 0 aliphatic rings. The van der Waals surface area contributed by atoms with E-state index in [9.17, 15) is 10.2 Å². The molecule has 4 heteroatoms. The van der Waals surface area contributed by atoms with Gasteiger partial charge < -0.3 is 15.5 Å². The van der Waals surface area contributed by atoms with Crippen LogP contribution in [-0.2, 0) is 6.42 Å². The van der Waals surface area contributed by atoms with Crippen molar-refractivity contribution >= 4 is 21.6 Å². The van der Waals surface area contributed by atoms with Crippen LogP contribution in [0, 0.1) is 0 Å². The average Bonchev–Trinajstić information content (AvgIpc) is 2.40. The lowest BCUT2D eigenvalue weighted by atomic mass is 10.0. The van der Waals surface area contributed by atoms with Crippen LogP contribution in [0.25, 0.3) is 0 Å². The summed E-state index contributed by atoms with van der Waals surface area (Å²) >= 11 is 3.46. The molecular formula is C16H18BrNO2. The third-order valence-corrected chi connectivity index (χ3v) is 3.81. The van der Waals surface area contributed by atoms with Crippen LogP contribution in [0.4, 0.5) is 5.69 Å². The van der Waals surface area contributed by atoms with Crippen molar-refractivity contribution in [2.24, 2.45) is 0 Å². The number of aromatic hydroxyl groups is 2. The van der Waals surface area contributed by atoms with E-state index >= 15 is 0 Å². The molecule has 0 aliphatic carbocycles. The Morgan fingerprint density at radius 2 is 1.80 bits per heavy atom. The van der Waals surface area contributed by atoms with Gasteiger partial charge >= 0.3 is 0 Å². The van der Waals surface area contributed by atoms with Crippen LogP contribution in [0.2, 0.25) is 0 Å². The summed E-state index contributed by atoms with van der Waals surface area (Å²) in [6, 6.07) is 10.6. The van der Waals surface area contributed by atoms with Crippen LogP contribution in [0.1, 0.15) is 31.0 Å². The maximum atomic E-state index is 9.90. The van der Waals surface area contributed by atoms with Gasteiger partial charge in [-0.2, -0.15) is 0 Å². The number of benzene rings is 2. The van der Waals surface area contributed by atoms with Crippen LogP contribution < -0.4 is 5.32 Å². The predicted molar refractivity (Wildman–Crippen MR) is 85.3 cm³/mol. The zero-order valence-corrected chi connectivity index (χ0v) is 13.1. The van der Waals surface area contributed by atoms with Crippen molar-refractivity contribution in [3.63, 3.8) is 0 Å². The van der Waals surface area contributed by atoms with Crippen molar-refractivity contribution in [2.45, 2.75) is 26.3 Å². The van der Waals surface area contributed by atoms with Crippen molar-refractivity contribution in [1.82, 2.24) is 0 Å². The number of hydrogen-bond donors (Lipinski definition) is 3. The summed E-state index contributed by atoms with van der Waals surface area (Å²) in [4.78, 5) is 0. The van der Waals surface area contributed by atoms with Crippen LogP contribution in [-0.4, -0.2) is 10.2 Å². The van der Waals surface area contributed by atoms with Crippen molar-refractivity contribution in [3.8, 4) is 11.5 Å². The minimum absolute atomic E-state index is 0.0974. The molecule has 0 aromatic heterocycles. The van der Waals surface area contributed by atoms with E-state index in [1.807, 2.05) is 19.1 Å². The molecule has 20 heavy (non-hydrogen) atoms. The molecule has 0 spiro atoms. The maximum Gasteiger partial charge on any atom is 0.124 e. The first-order valence-electron chi connectivity index (χ1n) is 6.58. The van der Waals surface area contributed by atoms with E-state index in [0.29, 0.717) is 5.56 Å². The zero-order valence-electron chi connectivity index (χ0n) is 11.5. The van der Waals surface area contributed by atoms with Crippen molar-refractivity contribution < 1.29 is 10.2 Å². The fourth-order valence-electron chi connectivity index (χ4n) is 2.29. The molecule has 2 aromatic carbocycles. The molecule has 0 heterocycles. The standard InChI is InChI=1S/C16H18BrNO2/c1-3-11-9-12(17)7-8-13(11)18-10(2)16-14(19)5-4-6-15(16)20/h4-10,18-20H,3H2,1-2H3. The monoisotopic (exact) mass is 335 g/mol. The number of aryl methyl sites for hydroxylation is 1. The van der Waals surface area contributed by atoms with Gasteiger partial charge in [0.1, 0.15) is 11.5 Å². The number of halogens is 1. The molecule has 106 valence electrons. The summed E-state index contributed by atoms with van der Waals surface area (Å²) in [5.74, 6) is 0.195. The molecule has 0 amide bonds. The van der Waals surface area contributed by atoms with Crippen LogP contribution >= 0.6 is 15.9 Å². The molecule has 0 radical (unpaired) electrons. The molecule has 0 aliphatic heterocycles. The average molecular weight is 336 g/mol. The SMILES string of the molecule is CCc1cc(Br)ccc1NC(C)c1c(O)cccc1O. The number of nitrogens with one attached hydrogen (secondary N) is 1. The molecule has 0 saturated heterocycles. The first-order valence-corrected chi connectivity index (χ1v) is 7.38. The van der Waals surface area contributed by atoms with Crippen LogP contribution in [0.3, 0.4) is 0 Å². The molecule has 2 rings (SSSR count). The fraction of sp³-hybridized carbons (Fsp3) is 0.250. The topological polar surface area (TPSA) is 52.5 Å². The minimum atomic E-state index is -0.192. The molecule has 0 fully saturated rings. The van der Waals surface area contributed by atoms with E-state index in [1.165, 1.54) is 5.56 Å². The number of anilines is 1. The molecule has 2 aromatic rings. The maximum absolute atomic E-state index is 9.90. The molecule has 0 bridgehead atoms. The van der Waals surface area contributed by atoms with E-state index in [0.717, 1.165) is 16.6 Å². The molecule has 0 saturated carbocycles. The molecule has 3 nitrogen and oxygen atoms in total. The van der Waals surface area contributed by atoms with E-state index in [4.69, 9.17) is 0 Å². The van der Waals surface area contributed by atoms with Gasteiger partial charge in [-0.25, -0.2) is 0 Å². The van der Waals surface area contributed by atoms with Crippen molar-refractivity contribution in [2.75, 3.05) is 5.32 Å². The number of phenolic OH excluding ortho intramolecular Hbond substituents is 2. The molecule has 1 unspecified atom stereocenters. The lowest BCUT2D eigenvalue weighted by molar-refractivity contribution is 0.434. The van der Waals surface area contributed by atoms with Gasteiger partial charge in [0.15, 0.2) is 0 Å². The Labute approximate surface area is 127 Å². The van der Waals surface area contributed by atoms with E-state index in [2.05, 4.69) is 34.2 Å². The van der Waals surface area contributed by atoms with Gasteiger partial charge in [-0.1, -0.05) is 28.9 Å². The quantitative estimate of drug-likeness (QED) is 0.765. The van der Waals surface area contributed by atoms with Gasteiger partial charge in [0.05, 0.1) is 11.6 Å². The molecular weight excluding hydrogens is 318 g/mol. The summed E-state index contributed by atoms with van der Waals surface area (Å²) in [7, 11) is 0. The minimum Gasteiger partial charge on any atom is -0.507 e.